The third kappa shape index (κ3) is 5.03. The Balaban J connectivity index is 2.33. The molecule has 0 saturated carbocycles. The number of urea groups is 1. The van der Waals surface area contributed by atoms with Crippen molar-refractivity contribution in [3.8, 4) is 0 Å². The minimum atomic E-state index is -3.13. The zero-order valence-corrected chi connectivity index (χ0v) is 11.4. The van der Waals surface area contributed by atoms with Crippen LogP contribution in [0, 0.1) is 5.92 Å². The first-order valence-corrected chi connectivity index (χ1v) is 7.73. The summed E-state index contributed by atoms with van der Waals surface area (Å²) >= 11 is 0. The number of ether oxygens (including phenoxy) is 1. The van der Waals surface area contributed by atoms with Crippen molar-refractivity contribution in [1.29, 1.82) is 0 Å². The fourth-order valence-corrected chi connectivity index (χ4v) is 2.33. The molecular formula is C10H18N2O6S. The summed E-state index contributed by atoms with van der Waals surface area (Å²) in [5, 5.41) is 13.7. The predicted molar refractivity (Wildman–Crippen MR) is 66.6 cm³/mol. The Bertz CT molecular complexity index is 435. The molecule has 2 atom stereocenters. The molecule has 9 heteroatoms. The first kappa shape index (κ1) is 15.7. The second-order valence-corrected chi connectivity index (χ2v) is 6.70. The van der Waals surface area contributed by atoms with E-state index in [0.717, 1.165) is 0 Å². The number of carbonyl (C=O) groups is 2. The Morgan fingerprint density at radius 1 is 1.37 bits per heavy atom. The van der Waals surface area contributed by atoms with Crippen molar-refractivity contribution < 1.29 is 27.9 Å². The first-order valence-electron chi connectivity index (χ1n) is 5.91. The van der Waals surface area contributed by atoms with Gasteiger partial charge in [0.2, 0.25) is 0 Å². The van der Waals surface area contributed by atoms with Crippen molar-refractivity contribution in [3.05, 3.63) is 0 Å². The van der Waals surface area contributed by atoms with Gasteiger partial charge in [-0.05, 0) is 0 Å². The summed E-state index contributed by atoms with van der Waals surface area (Å²) in [6.07, 6.45) is 0. The van der Waals surface area contributed by atoms with Crippen LogP contribution in [0.2, 0.25) is 0 Å². The Morgan fingerprint density at radius 2 is 2.05 bits per heavy atom. The lowest BCUT2D eigenvalue weighted by atomic mass is 10.0. The highest BCUT2D eigenvalue weighted by Gasteiger charge is 2.34. The Kier molecular flexibility index (Phi) is 5.55. The van der Waals surface area contributed by atoms with E-state index in [1.54, 1.807) is 0 Å². The zero-order chi connectivity index (χ0) is 14.5. The maximum atomic E-state index is 11.5. The van der Waals surface area contributed by atoms with E-state index in [9.17, 15) is 18.0 Å². The topological polar surface area (TPSA) is 122 Å². The first-order chi connectivity index (χ1) is 8.85. The van der Waals surface area contributed by atoms with E-state index in [2.05, 4.69) is 10.6 Å². The number of carboxylic acid groups (broad SMARTS) is 1. The average Bonchev–Trinajstić information content (AvgIpc) is 2.77. The second-order valence-electron chi connectivity index (χ2n) is 4.23. The highest BCUT2D eigenvalue weighted by molar-refractivity contribution is 7.91. The van der Waals surface area contributed by atoms with Crippen LogP contribution < -0.4 is 10.6 Å². The molecule has 1 aliphatic rings. The van der Waals surface area contributed by atoms with Crippen molar-refractivity contribution >= 4 is 21.8 Å². The second kappa shape index (κ2) is 6.71. The molecule has 0 bridgehead atoms. The van der Waals surface area contributed by atoms with Crippen molar-refractivity contribution in [2.45, 2.75) is 13.0 Å². The molecule has 0 aromatic carbocycles. The van der Waals surface area contributed by atoms with E-state index in [4.69, 9.17) is 9.84 Å². The number of hydrogen-bond donors (Lipinski definition) is 3. The van der Waals surface area contributed by atoms with Crippen molar-refractivity contribution in [2.75, 3.05) is 31.3 Å². The van der Waals surface area contributed by atoms with Gasteiger partial charge in [-0.25, -0.2) is 13.2 Å². The molecule has 3 N–H and O–H groups in total. The van der Waals surface area contributed by atoms with Gasteiger partial charge in [-0.3, -0.25) is 4.79 Å². The molecule has 1 rings (SSSR count). The quantitative estimate of drug-likeness (QED) is 0.567. The average molecular weight is 294 g/mol. The van der Waals surface area contributed by atoms with Gasteiger partial charge in [0.15, 0.2) is 9.84 Å². The number of carboxylic acids is 1. The van der Waals surface area contributed by atoms with Crippen molar-refractivity contribution in [1.82, 2.24) is 10.6 Å². The lowest BCUT2D eigenvalue weighted by molar-refractivity contribution is -0.142. The summed E-state index contributed by atoms with van der Waals surface area (Å²) in [5.74, 6) is -1.92. The fourth-order valence-electron chi connectivity index (χ4n) is 1.62. The molecule has 2 amide bonds. The van der Waals surface area contributed by atoms with Gasteiger partial charge in [0, 0.05) is 12.3 Å². The van der Waals surface area contributed by atoms with Crippen LogP contribution in [-0.2, 0) is 19.4 Å². The lowest BCUT2D eigenvalue weighted by Gasteiger charge is -2.16. The summed E-state index contributed by atoms with van der Waals surface area (Å²) in [7, 11) is -3.13. The van der Waals surface area contributed by atoms with Gasteiger partial charge in [0.05, 0.1) is 25.0 Å². The molecule has 8 nitrogen and oxygen atoms in total. The number of nitrogens with one attached hydrogen (secondary N) is 2. The van der Waals surface area contributed by atoms with Crippen LogP contribution in [0.3, 0.4) is 0 Å². The maximum absolute atomic E-state index is 11.5. The summed E-state index contributed by atoms with van der Waals surface area (Å²) < 4.78 is 27.4. The fraction of sp³-hybridized carbons (Fsp3) is 0.800. The van der Waals surface area contributed by atoms with Crippen LogP contribution in [-0.4, -0.2) is 62.8 Å². The standard InChI is InChI=1S/C10H18N2O6S/c1-2-19(16,17)4-3-11-10(15)12-8-6-18-5-7(8)9(13)14/h7-8H,2-6H2,1H3,(H,13,14)(H2,11,12,15). The summed E-state index contributed by atoms with van der Waals surface area (Å²) in [4.78, 5) is 22.3. The third-order valence-corrected chi connectivity index (χ3v) is 4.56. The van der Waals surface area contributed by atoms with E-state index in [1.807, 2.05) is 0 Å². The van der Waals surface area contributed by atoms with Gasteiger partial charge in [-0.2, -0.15) is 0 Å². The van der Waals surface area contributed by atoms with E-state index >= 15 is 0 Å². The molecule has 0 spiro atoms. The van der Waals surface area contributed by atoms with Crippen molar-refractivity contribution in [2.24, 2.45) is 5.92 Å². The minimum absolute atomic E-state index is 0.00663. The largest absolute Gasteiger partial charge is 0.481 e. The SMILES string of the molecule is CCS(=O)(=O)CCNC(=O)NC1COCC1C(=O)O. The van der Waals surface area contributed by atoms with E-state index in [-0.39, 0.29) is 31.3 Å². The molecule has 1 aliphatic heterocycles. The molecule has 2 unspecified atom stereocenters. The van der Waals surface area contributed by atoms with E-state index in [1.165, 1.54) is 6.92 Å². The number of rotatable bonds is 6. The molecule has 0 radical (unpaired) electrons. The molecule has 0 aliphatic carbocycles. The highest BCUT2D eigenvalue weighted by Crippen LogP contribution is 2.13. The van der Waals surface area contributed by atoms with Crippen LogP contribution >= 0.6 is 0 Å². The molecule has 1 heterocycles. The van der Waals surface area contributed by atoms with Gasteiger partial charge < -0.3 is 20.5 Å². The Hall–Kier alpha value is -1.35. The maximum Gasteiger partial charge on any atom is 0.315 e. The molecule has 0 aromatic rings. The molecule has 19 heavy (non-hydrogen) atoms. The molecule has 110 valence electrons. The van der Waals surface area contributed by atoms with Crippen LogP contribution in [0.5, 0.6) is 0 Å². The van der Waals surface area contributed by atoms with Gasteiger partial charge in [0.25, 0.3) is 0 Å². The van der Waals surface area contributed by atoms with Crippen LogP contribution in [0.25, 0.3) is 0 Å². The van der Waals surface area contributed by atoms with Crippen LogP contribution in [0.1, 0.15) is 6.92 Å². The van der Waals surface area contributed by atoms with Crippen LogP contribution in [0.4, 0.5) is 4.79 Å². The summed E-state index contributed by atoms with van der Waals surface area (Å²) in [6.45, 7) is 1.72. The van der Waals surface area contributed by atoms with Gasteiger partial charge in [-0.15, -0.1) is 0 Å². The van der Waals surface area contributed by atoms with Gasteiger partial charge >= 0.3 is 12.0 Å². The summed E-state index contributed by atoms with van der Waals surface area (Å²) in [5.41, 5.74) is 0. The van der Waals surface area contributed by atoms with Gasteiger partial charge in [-0.1, -0.05) is 6.92 Å². The smallest absolute Gasteiger partial charge is 0.315 e. The molecule has 1 saturated heterocycles. The molecule has 1 fully saturated rings. The predicted octanol–water partition coefficient (Wildman–Crippen LogP) is -1.18. The summed E-state index contributed by atoms with van der Waals surface area (Å²) in [6, 6.07) is -1.19. The van der Waals surface area contributed by atoms with Gasteiger partial charge in [0.1, 0.15) is 5.92 Å². The number of amides is 2. The normalized spacial score (nSPS) is 23.0. The van der Waals surface area contributed by atoms with Crippen molar-refractivity contribution in [3.63, 3.8) is 0 Å². The Morgan fingerprint density at radius 3 is 2.63 bits per heavy atom. The third-order valence-electron chi connectivity index (χ3n) is 2.85. The van der Waals surface area contributed by atoms with E-state index in [0.29, 0.717) is 0 Å². The van der Waals surface area contributed by atoms with Crippen LogP contribution in [0.15, 0.2) is 0 Å². The number of sulfone groups is 1. The monoisotopic (exact) mass is 294 g/mol. The highest BCUT2D eigenvalue weighted by atomic mass is 32.2. The molecule has 0 aromatic heterocycles. The molecular weight excluding hydrogens is 276 g/mol. The lowest BCUT2D eigenvalue weighted by Crippen LogP contribution is -2.48. The number of aliphatic carboxylic acids is 1. The van der Waals surface area contributed by atoms with E-state index < -0.39 is 33.8 Å². The number of hydrogen-bond acceptors (Lipinski definition) is 5. The zero-order valence-electron chi connectivity index (χ0n) is 10.6. The number of carbonyl (C=O) groups excluding carboxylic acids is 1. The Labute approximate surface area is 111 Å². The minimum Gasteiger partial charge on any atom is -0.481 e.